The Morgan fingerprint density at radius 3 is 2.31 bits per heavy atom. The van der Waals surface area contributed by atoms with Gasteiger partial charge in [0.05, 0.1) is 26.9 Å². The van der Waals surface area contributed by atoms with Crippen molar-refractivity contribution >= 4 is 17.8 Å². The highest BCUT2D eigenvalue weighted by Crippen LogP contribution is 2.35. The Kier molecular flexibility index (Phi) is 9.98. The van der Waals surface area contributed by atoms with E-state index in [1.54, 1.807) is 26.0 Å². The number of nitrogens with zero attached hydrogens (tertiary/aromatic N) is 1. The summed E-state index contributed by atoms with van der Waals surface area (Å²) in [4.78, 5) is 39.7. The molecular weight excluding hydrogens is 464 g/mol. The van der Waals surface area contributed by atoms with Crippen LogP contribution in [0, 0.1) is 5.92 Å². The fourth-order valence-corrected chi connectivity index (χ4v) is 5.38. The molecule has 1 saturated carbocycles. The average Bonchev–Trinajstić information content (AvgIpc) is 2.89. The van der Waals surface area contributed by atoms with E-state index in [-0.39, 0.29) is 31.4 Å². The SMILES string of the molecule is CCOC(=O)[C@H](CCC1CCCCC1)N[C@@H](C)C(=O)N1Cc2cc(OC)c(OC)cc2C[C@@H]1C(=O)O. The summed E-state index contributed by atoms with van der Waals surface area (Å²) >= 11 is 0. The maximum atomic E-state index is 13.5. The molecule has 9 heteroatoms. The number of rotatable bonds is 11. The number of fused-ring (bicyclic) bond motifs is 1. The summed E-state index contributed by atoms with van der Waals surface area (Å²) in [6.07, 6.45) is 7.70. The molecule has 3 rings (SSSR count). The van der Waals surface area contributed by atoms with E-state index >= 15 is 0 Å². The van der Waals surface area contributed by atoms with E-state index in [1.807, 2.05) is 0 Å². The monoisotopic (exact) mass is 504 g/mol. The molecule has 1 aliphatic carbocycles. The molecular formula is C27H40N2O7. The largest absolute Gasteiger partial charge is 0.493 e. The predicted octanol–water partition coefficient (Wildman–Crippen LogP) is 3.31. The van der Waals surface area contributed by atoms with Crippen molar-refractivity contribution < 1.29 is 33.7 Å². The first-order valence-corrected chi connectivity index (χ1v) is 13.0. The quantitative estimate of drug-likeness (QED) is 0.441. The molecule has 9 nitrogen and oxygen atoms in total. The summed E-state index contributed by atoms with van der Waals surface area (Å²) in [5.41, 5.74) is 1.62. The van der Waals surface area contributed by atoms with Gasteiger partial charge in [0, 0.05) is 13.0 Å². The summed E-state index contributed by atoms with van der Waals surface area (Å²) < 4.78 is 16.0. The molecule has 0 unspecified atom stereocenters. The van der Waals surface area contributed by atoms with E-state index in [9.17, 15) is 19.5 Å². The molecule has 0 radical (unpaired) electrons. The molecule has 0 aromatic heterocycles. The fraction of sp³-hybridized carbons (Fsp3) is 0.667. The summed E-state index contributed by atoms with van der Waals surface area (Å²) in [6, 6.07) is 1.17. The van der Waals surface area contributed by atoms with Crippen LogP contribution in [0.4, 0.5) is 0 Å². The lowest BCUT2D eigenvalue weighted by Gasteiger charge is -2.37. The highest BCUT2D eigenvalue weighted by molar-refractivity contribution is 5.88. The molecule has 1 heterocycles. The third-order valence-corrected chi connectivity index (χ3v) is 7.39. The average molecular weight is 505 g/mol. The van der Waals surface area contributed by atoms with Gasteiger partial charge in [-0.25, -0.2) is 4.79 Å². The van der Waals surface area contributed by atoms with Crippen LogP contribution < -0.4 is 14.8 Å². The van der Waals surface area contributed by atoms with Crippen LogP contribution in [-0.2, 0) is 32.1 Å². The lowest BCUT2D eigenvalue weighted by atomic mass is 9.85. The van der Waals surface area contributed by atoms with Crippen molar-refractivity contribution in [2.45, 2.75) is 89.9 Å². The van der Waals surface area contributed by atoms with Crippen molar-refractivity contribution in [1.82, 2.24) is 10.2 Å². The topological polar surface area (TPSA) is 114 Å². The highest BCUT2D eigenvalue weighted by Gasteiger charge is 2.38. The Hall–Kier alpha value is -2.81. The van der Waals surface area contributed by atoms with E-state index in [0.717, 1.165) is 17.5 Å². The van der Waals surface area contributed by atoms with Gasteiger partial charge in [-0.1, -0.05) is 32.1 Å². The van der Waals surface area contributed by atoms with Gasteiger partial charge in [0.15, 0.2) is 11.5 Å². The van der Waals surface area contributed by atoms with Crippen LogP contribution in [0.15, 0.2) is 12.1 Å². The summed E-state index contributed by atoms with van der Waals surface area (Å²) in [6.45, 7) is 3.83. The van der Waals surface area contributed by atoms with Gasteiger partial charge in [-0.3, -0.25) is 14.9 Å². The normalized spacial score (nSPS) is 19.7. The second-order valence-electron chi connectivity index (χ2n) is 9.77. The van der Waals surface area contributed by atoms with Gasteiger partial charge >= 0.3 is 11.9 Å². The number of carbonyl (C=O) groups excluding carboxylic acids is 2. The van der Waals surface area contributed by atoms with Crippen LogP contribution in [0.2, 0.25) is 0 Å². The second kappa shape index (κ2) is 12.9. The number of carboxylic acid groups (broad SMARTS) is 1. The van der Waals surface area contributed by atoms with E-state index in [1.165, 1.54) is 51.2 Å². The molecule has 2 aliphatic rings. The first-order chi connectivity index (χ1) is 17.3. The molecule has 1 fully saturated rings. The van der Waals surface area contributed by atoms with Gasteiger partial charge in [-0.05, 0) is 55.9 Å². The van der Waals surface area contributed by atoms with Gasteiger partial charge in [0.2, 0.25) is 5.91 Å². The number of hydrogen-bond donors (Lipinski definition) is 2. The number of carbonyl (C=O) groups is 3. The molecule has 1 aromatic rings. The Balaban J connectivity index is 1.75. The number of methoxy groups -OCH3 is 2. The minimum atomic E-state index is -1.07. The zero-order valence-electron chi connectivity index (χ0n) is 21.9. The van der Waals surface area contributed by atoms with Crippen molar-refractivity contribution in [3.8, 4) is 11.5 Å². The minimum absolute atomic E-state index is 0.129. The second-order valence-corrected chi connectivity index (χ2v) is 9.77. The van der Waals surface area contributed by atoms with Gasteiger partial charge in [-0.2, -0.15) is 0 Å². The molecule has 1 aliphatic heterocycles. The van der Waals surface area contributed by atoms with Crippen LogP contribution in [0.5, 0.6) is 11.5 Å². The van der Waals surface area contributed by atoms with Crippen LogP contribution in [0.1, 0.15) is 69.9 Å². The number of hydrogen-bond acceptors (Lipinski definition) is 7. The smallest absolute Gasteiger partial charge is 0.326 e. The first-order valence-electron chi connectivity index (χ1n) is 13.0. The molecule has 0 bridgehead atoms. The van der Waals surface area contributed by atoms with Crippen molar-refractivity contribution in [3.63, 3.8) is 0 Å². The van der Waals surface area contributed by atoms with Crippen molar-refractivity contribution in [2.75, 3.05) is 20.8 Å². The van der Waals surface area contributed by atoms with Gasteiger partial charge in [-0.15, -0.1) is 0 Å². The Bertz CT molecular complexity index is 929. The van der Waals surface area contributed by atoms with E-state index in [4.69, 9.17) is 14.2 Å². The molecule has 200 valence electrons. The van der Waals surface area contributed by atoms with E-state index in [2.05, 4.69) is 5.32 Å². The van der Waals surface area contributed by atoms with E-state index < -0.39 is 24.1 Å². The third-order valence-electron chi connectivity index (χ3n) is 7.39. The molecule has 36 heavy (non-hydrogen) atoms. The number of aliphatic carboxylic acids is 1. The Morgan fingerprint density at radius 2 is 1.72 bits per heavy atom. The maximum absolute atomic E-state index is 13.5. The van der Waals surface area contributed by atoms with E-state index in [0.29, 0.717) is 23.8 Å². The molecule has 0 saturated heterocycles. The van der Waals surface area contributed by atoms with Crippen molar-refractivity contribution in [2.24, 2.45) is 5.92 Å². The molecule has 1 aromatic carbocycles. The predicted molar refractivity (Wildman–Crippen MR) is 134 cm³/mol. The highest BCUT2D eigenvalue weighted by atomic mass is 16.5. The first kappa shape index (κ1) is 27.8. The van der Waals surface area contributed by atoms with Crippen LogP contribution in [0.25, 0.3) is 0 Å². The standard InChI is InChI=1S/C27H40N2O7/c1-5-36-27(33)21(12-11-18-9-7-6-8-10-18)28-17(2)25(30)29-16-20-15-24(35-4)23(34-3)14-19(20)13-22(29)26(31)32/h14-15,17-18,21-22,28H,5-13,16H2,1-4H3,(H,31,32)/t17-,21-,22+/m0/s1. The zero-order chi connectivity index (χ0) is 26.2. The number of carboxylic acids is 1. The summed E-state index contributed by atoms with van der Waals surface area (Å²) in [7, 11) is 3.06. The van der Waals surface area contributed by atoms with Gasteiger partial charge < -0.3 is 24.2 Å². The Morgan fingerprint density at radius 1 is 1.08 bits per heavy atom. The third kappa shape index (κ3) is 6.69. The lowest BCUT2D eigenvalue weighted by Crippen LogP contribution is -2.56. The fourth-order valence-electron chi connectivity index (χ4n) is 5.38. The maximum Gasteiger partial charge on any atom is 0.326 e. The van der Waals surface area contributed by atoms with Gasteiger partial charge in [0.1, 0.15) is 12.1 Å². The zero-order valence-corrected chi connectivity index (χ0v) is 21.9. The molecule has 1 amide bonds. The number of benzene rings is 1. The van der Waals surface area contributed by atoms with Crippen LogP contribution in [-0.4, -0.2) is 66.8 Å². The summed E-state index contributed by atoms with van der Waals surface area (Å²) in [5.74, 6) is -0.182. The van der Waals surface area contributed by atoms with Gasteiger partial charge in [0.25, 0.3) is 0 Å². The van der Waals surface area contributed by atoms with Crippen molar-refractivity contribution in [1.29, 1.82) is 0 Å². The molecule has 0 spiro atoms. The lowest BCUT2D eigenvalue weighted by molar-refractivity contribution is -0.153. The number of nitrogens with one attached hydrogen (secondary N) is 1. The Labute approximate surface area is 213 Å². The number of esters is 1. The molecule has 3 atom stereocenters. The summed E-state index contributed by atoms with van der Waals surface area (Å²) in [5, 5.41) is 13.1. The number of amides is 1. The molecule has 2 N–H and O–H groups in total. The van der Waals surface area contributed by atoms with Crippen molar-refractivity contribution in [3.05, 3.63) is 23.3 Å². The number of ether oxygens (including phenoxy) is 3. The minimum Gasteiger partial charge on any atom is -0.493 e. The van der Waals surface area contributed by atoms with Crippen LogP contribution >= 0.6 is 0 Å². The van der Waals surface area contributed by atoms with Crippen LogP contribution in [0.3, 0.4) is 0 Å².